The second kappa shape index (κ2) is 12.6. The van der Waals surface area contributed by atoms with Gasteiger partial charge in [-0.05, 0) is 61.5 Å². The molecule has 0 aliphatic rings. The van der Waals surface area contributed by atoms with Crippen LogP contribution in [0.5, 0.6) is 0 Å². The lowest BCUT2D eigenvalue weighted by Gasteiger charge is -2.27. The van der Waals surface area contributed by atoms with Crippen LogP contribution in [-0.2, 0) is 22.6 Å². The van der Waals surface area contributed by atoms with Gasteiger partial charge >= 0.3 is 0 Å². The number of halogens is 1. The summed E-state index contributed by atoms with van der Waals surface area (Å²) in [5.41, 5.74) is 0.838. The lowest BCUT2D eigenvalue weighted by atomic mass is 10.2. The van der Waals surface area contributed by atoms with Crippen LogP contribution in [0.3, 0.4) is 0 Å². The summed E-state index contributed by atoms with van der Waals surface area (Å²) in [5, 5.41) is 1.85. The van der Waals surface area contributed by atoms with E-state index in [1.54, 1.807) is 39.3 Å². The molecule has 0 saturated carbocycles. The molecule has 33 heavy (non-hydrogen) atoms. The normalized spacial score (nSPS) is 10.9. The number of carbonyl (C=O) groups is 2. The maximum absolute atomic E-state index is 13.4. The van der Waals surface area contributed by atoms with Crippen molar-refractivity contribution in [2.45, 2.75) is 33.4 Å². The molecule has 0 fully saturated rings. The van der Waals surface area contributed by atoms with Crippen LogP contribution in [0.4, 0.5) is 4.39 Å². The first kappa shape index (κ1) is 25.1. The van der Waals surface area contributed by atoms with E-state index < -0.39 is 0 Å². The van der Waals surface area contributed by atoms with Crippen molar-refractivity contribution in [3.63, 3.8) is 0 Å². The molecule has 8 heteroatoms. The summed E-state index contributed by atoms with van der Waals surface area (Å²) in [4.78, 5) is 32.7. The Kier molecular flexibility index (Phi) is 9.60. The number of ether oxygens (including phenoxy) is 1. The fourth-order valence-electron chi connectivity index (χ4n) is 3.37. The van der Waals surface area contributed by atoms with Crippen LogP contribution in [-0.4, -0.2) is 47.9 Å². The van der Waals surface area contributed by atoms with Crippen molar-refractivity contribution in [1.29, 1.82) is 0 Å². The monoisotopic (exact) mass is 488 g/mol. The summed E-state index contributed by atoms with van der Waals surface area (Å²) in [7, 11) is 0. The summed E-state index contributed by atoms with van der Waals surface area (Å²) < 4.78 is 18.8. The number of hydrogen-bond donors (Lipinski definition) is 0. The lowest BCUT2D eigenvalue weighted by Crippen LogP contribution is -2.42. The third kappa shape index (κ3) is 7.77. The number of benzene rings is 1. The molecule has 3 rings (SSSR count). The van der Waals surface area contributed by atoms with Crippen molar-refractivity contribution in [1.82, 2.24) is 9.80 Å². The minimum Gasteiger partial charge on any atom is -0.382 e. The molecule has 176 valence electrons. The second-order valence-electron chi connectivity index (χ2n) is 7.64. The van der Waals surface area contributed by atoms with Crippen LogP contribution < -0.4 is 0 Å². The van der Waals surface area contributed by atoms with Crippen molar-refractivity contribution in [3.8, 4) is 0 Å². The van der Waals surface area contributed by atoms with Gasteiger partial charge in [0.2, 0.25) is 5.91 Å². The Morgan fingerprint density at radius 1 is 1.03 bits per heavy atom. The van der Waals surface area contributed by atoms with E-state index in [4.69, 9.17) is 4.74 Å². The molecule has 1 aromatic carbocycles. The summed E-state index contributed by atoms with van der Waals surface area (Å²) in [6.45, 7) is 6.30. The first-order chi connectivity index (χ1) is 16.0. The van der Waals surface area contributed by atoms with Crippen molar-refractivity contribution in [2.75, 3.05) is 26.3 Å². The van der Waals surface area contributed by atoms with Gasteiger partial charge in [-0.3, -0.25) is 9.59 Å². The maximum atomic E-state index is 13.4. The molecule has 0 atom stereocenters. The molecule has 2 heterocycles. The number of thiophene rings is 2. The zero-order valence-corrected chi connectivity index (χ0v) is 20.6. The molecule has 0 radical (unpaired) electrons. The van der Waals surface area contributed by atoms with Crippen molar-refractivity contribution in [2.24, 2.45) is 0 Å². The first-order valence-corrected chi connectivity index (χ1v) is 12.6. The molecule has 0 N–H and O–H groups in total. The van der Waals surface area contributed by atoms with E-state index in [2.05, 4.69) is 0 Å². The molecule has 0 spiro atoms. The minimum absolute atomic E-state index is 0.0194. The number of carbonyl (C=O) groups excluding carboxylic acids is 2. The first-order valence-electron chi connectivity index (χ1n) is 10.9. The molecule has 5 nitrogen and oxygen atoms in total. The fraction of sp³-hybridized carbons (Fsp3) is 0.360. The van der Waals surface area contributed by atoms with E-state index in [1.807, 2.05) is 37.4 Å². The average Bonchev–Trinajstić information content (AvgIpc) is 3.48. The molecule has 0 saturated heterocycles. The summed E-state index contributed by atoms with van der Waals surface area (Å²) in [5.74, 6) is -0.609. The Labute approximate surface area is 202 Å². The Balaban J connectivity index is 1.76. The van der Waals surface area contributed by atoms with E-state index in [-0.39, 0.29) is 24.2 Å². The van der Waals surface area contributed by atoms with Crippen molar-refractivity contribution >= 4 is 34.5 Å². The predicted molar refractivity (Wildman–Crippen MR) is 131 cm³/mol. The van der Waals surface area contributed by atoms with Crippen LogP contribution in [0.15, 0.2) is 53.9 Å². The zero-order chi connectivity index (χ0) is 23.6. The lowest BCUT2D eigenvalue weighted by molar-refractivity contribution is -0.133. The number of amides is 2. The Morgan fingerprint density at radius 2 is 1.82 bits per heavy atom. The van der Waals surface area contributed by atoms with Gasteiger partial charge in [-0.1, -0.05) is 18.2 Å². The minimum atomic E-state index is -0.312. The van der Waals surface area contributed by atoms with Gasteiger partial charge in [0.25, 0.3) is 5.91 Å². The molecule has 0 aliphatic heterocycles. The Morgan fingerprint density at radius 3 is 2.45 bits per heavy atom. The van der Waals surface area contributed by atoms with Crippen molar-refractivity contribution < 1.29 is 18.7 Å². The molecule has 0 aliphatic carbocycles. The van der Waals surface area contributed by atoms with Gasteiger partial charge < -0.3 is 14.5 Å². The van der Waals surface area contributed by atoms with E-state index in [0.717, 1.165) is 10.4 Å². The standard InChI is InChI=1S/C25H29FN2O3S2/c1-3-31-14-5-13-27(25(30)23-6-4-15-32-23)18-24(29)28(17-22-12-7-19(2)33-22)16-20-8-10-21(26)11-9-20/h4,6-12,15H,3,5,13-14,16-18H2,1-2H3. The average molecular weight is 489 g/mol. The van der Waals surface area contributed by atoms with Gasteiger partial charge in [-0.2, -0.15) is 0 Å². The smallest absolute Gasteiger partial charge is 0.264 e. The summed E-state index contributed by atoms with van der Waals surface area (Å²) >= 11 is 3.01. The molecule has 3 aromatic rings. The van der Waals surface area contributed by atoms with Crippen LogP contribution in [0.25, 0.3) is 0 Å². The third-order valence-electron chi connectivity index (χ3n) is 5.05. The maximum Gasteiger partial charge on any atom is 0.264 e. The Hall–Kier alpha value is -2.55. The van der Waals surface area contributed by atoms with Crippen LogP contribution in [0.1, 0.15) is 38.3 Å². The van der Waals surface area contributed by atoms with Crippen molar-refractivity contribution in [3.05, 3.63) is 79.9 Å². The topological polar surface area (TPSA) is 49.9 Å². The Bertz CT molecular complexity index is 1020. The van der Waals surface area contributed by atoms with Crippen LogP contribution in [0, 0.1) is 12.7 Å². The highest BCUT2D eigenvalue weighted by Gasteiger charge is 2.23. The number of nitrogens with zero attached hydrogens (tertiary/aromatic N) is 2. The van der Waals surface area contributed by atoms with Gasteiger partial charge in [-0.25, -0.2) is 4.39 Å². The SMILES string of the molecule is CCOCCCN(CC(=O)N(Cc1ccc(F)cc1)Cc1ccc(C)s1)C(=O)c1cccs1. The molecular weight excluding hydrogens is 459 g/mol. The van der Waals surface area contributed by atoms with E-state index in [0.29, 0.717) is 44.1 Å². The van der Waals surface area contributed by atoms with Gasteiger partial charge in [0.1, 0.15) is 12.4 Å². The summed E-state index contributed by atoms with van der Waals surface area (Å²) in [6, 6.07) is 13.8. The fourth-order valence-corrected chi connectivity index (χ4v) is 4.97. The van der Waals surface area contributed by atoms with Gasteiger partial charge in [-0.15, -0.1) is 22.7 Å². The molecule has 2 aromatic heterocycles. The van der Waals surface area contributed by atoms with E-state index in [9.17, 15) is 14.0 Å². The molecule has 0 unspecified atom stereocenters. The molecule has 0 bridgehead atoms. The highest BCUT2D eigenvalue weighted by Crippen LogP contribution is 2.20. The van der Waals surface area contributed by atoms with Gasteiger partial charge in [0.15, 0.2) is 0 Å². The summed E-state index contributed by atoms with van der Waals surface area (Å²) in [6.07, 6.45) is 0.653. The number of rotatable bonds is 12. The van der Waals surface area contributed by atoms with E-state index in [1.165, 1.54) is 28.3 Å². The zero-order valence-electron chi connectivity index (χ0n) is 19.0. The quantitative estimate of drug-likeness (QED) is 0.323. The van der Waals surface area contributed by atoms with Crippen LogP contribution in [0.2, 0.25) is 0 Å². The molecular formula is C25H29FN2O3S2. The van der Waals surface area contributed by atoms with Gasteiger partial charge in [0, 0.05) is 36.1 Å². The van der Waals surface area contributed by atoms with Crippen LogP contribution >= 0.6 is 22.7 Å². The third-order valence-corrected chi connectivity index (χ3v) is 6.89. The largest absolute Gasteiger partial charge is 0.382 e. The number of aryl methyl sites for hydroxylation is 1. The highest BCUT2D eigenvalue weighted by molar-refractivity contribution is 7.12. The van der Waals surface area contributed by atoms with E-state index >= 15 is 0 Å². The number of hydrogen-bond acceptors (Lipinski definition) is 5. The highest BCUT2D eigenvalue weighted by atomic mass is 32.1. The second-order valence-corrected chi connectivity index (χ2v) is 9.96. The molecule has 2 amide bonds. The van der Waals surface area contributed by atoms with Gasteiger partial charge in [0.05, 0.1) is 11.4 Å². The predicted octanol–water partition coefficient (Wildman–Crippen LogP) is 5.35.